The molecule has 0 aliphatic heterocycles. The SMILES string of the molecule is Cc1ccc(C)c(NS(=O)(=O)c2ccc(C(C)N)cc2)c1. The van der Waals surface area contributed by atoms with Crippen LogP contribution in [0.3, 0.4) is 0 Å². The minimum absolute atomic E-state index is 0.117. The Labute approximate surface area is 126 Å². The highest BCUT2D eigenvalue weighted by Gasteiger charge is 2.15. The molecule has 0 heterocycles. The van der Waals surface area contributed by atoms with E-state index in [1.807, 2.05) is 39.0 Å². The Morgan fingerprint density at radius 1 is 1.05 bits per heavy atom. The zero-order chi connectivity index (χ0) is 15.6. The summed E-state index contributed by atoms with van der Waals surface area (Å²) in [6.45, 7) is 5.66. The maximum Gasteiger partial charge on any atom is 0.261 e. The van der Waals surface area contributed by atoms with E-state index in [9.17, 15) is 8.42 Å². The number of anilines is 1. The molecule has 21 heavy (non-hydrogen) atoms. The first-order valence-electron chi connectivity index (χ1n) is 6.75. The standard InChI is InChI=1S/C16H20N2O2S/c1-11-4-5-12(2)16(10-11)18-21(19,20)15-8-6-14(7-9-15)13(3)17/h4-10,13,18H,17H2,1-3H3. The molecule has 2 aromatic carbocycles. The van der Waals surface area contributed by atoms with Crippen LogP contribution in [0, 0.1) is 13.8 Å². The Morgan fingerprint density at radius 2 is 1.67 bits per heavy atom. The van der Waals surface area contributed by atoms with Gasteiger partial charge in [0.25, 0.3) is 10.0 Å². The average molecular weight is 304 g/mol. The Balaban J connectivity index is 2.31. The van der Waals surface area contributed by atoms with Gasteiger partial charge in [-0.25, -0.2) is 8.42 Å². The summed E-state index contributed by atoms with van der Waals surface area (Å²) in [5.41, 5.74) is 9.16. The monoisotopic (exact) mass is 304 g/mol. The summed E-state index contributed by atoms with van der Waals surface area (Å²) in [6, 6.07) is 12.2. The van der Waals surface area contributed by atoms with Gasteiger partial charge in [-0.3, -0.25) is 4.72 Å². The highest BCUT2D eigenvalue weighted by atomic mass is 32.2. The summed E-state index contributed by atoms with van der Waals surface area (Å²) in [5, 5.41) is 0. The Kier molecular flexibility index (Phi) is 4.34. The van der Waals surface area contributed by atoms with E-state index in [0.29, 0.717) is 5.69 Å². The van der Waals surface area contributed by atoms with Crippen molar-refractivity contribution < 1.29 is 8.42 Å². The fraction of sp³-hybridized carbons (Fsp3) is 0.250. The van der Waals surface area contributed by atoms with Gasteiger partial charge in [-0.15, -0.1) is 0 Å². The Bertz CT molecular complexity index is 735. The molecule has 3 N–H and O–H groups in total. The zero-order valence-electron chi connectivity index (χ0n) is 12.4. The van der Waals surface area contributed by atoms with Gasteiger partial charge < -0.3 is 5.73 Å². The number of sulfonamides is 1. The van der Waals surface area contributed by atoms with Crippen molar-refractivity contribution in [3.05, 3.63) is 59.2 Å². The molecule has 112 valence electrons. The lowest BCUT2D eigenvalue weighted by Gasteiger charge is -2.12. The minimum Gasteiger partial charge on any atom is -0.324 e. The van der Waals surface area contributed by atoms with Crippen molar-refractivity contribution in [3.63, 3.8) is 0 Å². The van der Waals surface area contributed by atoms with Crippen LogP contribution >= 0.6 is 0 Å². The van der Waals surface area contributed by atoms with Crippen LogP contribution in [-0.2, 0) is 10.0 Å². The van der Waals surface area contributed by atoms with Gasteiger partial charge in [0.15, 0.2) is 0 Å². The fourth-order valence-electron chi connectivity index (χ4n) is 2.00. The second-order valence-corrected chi connectivity index (χ2v) is 6.96. The fourth-order valence-corrected chi connectivity index (χ4v) is 3.12. The highest BCUT2D eigenvalue weighted by Crippen LogP contribution is 2.22. The van der Waals surface area contributed by atoms with Gasteiger partial charge in [-0.1, -0.05) is 24.3 Å². The molecule has 2 aromatic rings. The number of nitrogens with one attached hydrogen (secondary N) is 1. The van der Waals surface area contributed by atoms with Crippen molar-refractivity contribution in [2.45, 2.75) is 31.7 Å². The van der Waals surface area contributed by atoms with Crippen molar-refractivity contribution in [1.82, 2.24) is 0 Å². The van der Waals surface area contributed by atoms with E-state index in [1.54, 1.807) is 24.3 Å². The molecule has 0 spiro atoms. The summed E-state index contributed by atoms with van der Waals surface area (Å²) in [6.07, 6.45) is 0. The molecule has 0 radical (unpaired) electrons. The van der Waals surface area contributed by atoms with Gasteiger partial charge in [0.1, 0.15) is 0 Å². The number of benzene rings is 2. The van der Waals surface area contributed by atoms with Gasteiger partial charge in [-0.05, 0) is 55.7 Å². The smallest absolute Gasteiger partial charge is 0.261 e. The number of hydrogen-bond acceptors (Lipinski definition) is 3. The van der Waals surface area contributed by atoms with E-state index < -0.39 is 10.0 Å². The molecule has 0 amide bonds. The van der Waals surface area contributed by atoms with Crippen LogP contribution < -0.4 is 10.5 Å². The largest absolute Gasteiger partial charge is 0.324 e. The molecule has 1 unspecified atom stereocenters. The highest BCUT2D eigenvalue weighted by molar-refractivity contribution is 7.92. The van der Waals surface area contributed by atoms with Gasteiger partial charge in [-0.2, -0.15) is 0 Å². The van der Waals surface area contributed by atoms with Gasteiger partial charge in [0.05, 0.1) is 10.6 Å². The van der Waals surface area contributed by atoms with Crippen LogP contribution in [-0.4, -0.2) is 8.42 Å². The zero-order valence-corrected chi connectivity index (χ0v) is 13.2. The number of aryl methyl sites for hydroxylation is 2. The lowest BCUT2D eigenvalue weighted by Crippen LogP contribution is -2.14. The molecular formula is C16H20N2O2S. The average Bonchev–Trinajstić information content (AvgIpc) is 2.43. The maximum absolute atomic E-state index is 12.4. The van der Waals surface area contributed by atoms with E-state index in [0.717, 1.165) is 16.7 Å². The van der Waals surface area contributed by atoms with Gasteiger partial charge in [0.2, 0.25) is 0 Å². The molecule has 0 aromatic heterocycles. The summed E-state index contributed by atoms with van der Waals surface area (Å²) in [5.74, 6) is 0. The molecule has 0 saturated heterocycles. The second kappa shape index (κ2) is 5.87. The van der Waals surface area contributed by atoms with Gasteiger partial charge >= 0.3 is 0 Å². The first-order chi connectivity index (χ1) is 9.79. The second-order valence-electron chi connectivity index (χ2n) is 5.28. The summed E-state index contributed by atoms with van der Waals surface area (Å²) < 4.78 is 27.4. The number of nitrogens with two attached hydrogens (primary N) is 1. The van der Waals surface area contributed by atoms with Crippen molar-refractivity contribution in [2.75, 3.05) is 4.72 Å². The van der Waals surface area contributed by atoms with Crippen molar-refractivity contribution in [1.29, 1.82) is 0 Å². The first kappa shape index (κ1) is 15.5. The van der Waals surface area contributed by atoms with E-state index in [1.165, 1.54) is 0 Å². The Hall–Kier alpha value is -1.85. The van der Waals surface area contributed by atoms with Gasteiger partial charge in [0, 0.05) is 6.04 Å². The first-order valence-corrected chi connectivity index (χ1v) is 8.23. The molecule has 0 bridgehead atoms. The van der Waals surface area contributed by atoms with Crippen molar-refractivity contribution in [3.8, 4) is 0 Å². The molecule has 0 saturated carbocycles. The van der Waals surface area contributed by atoms with Crippen molar-refractivity contribution >= 4 is 15.7 Å². The van der Waals surface area contributed by atoms with Crippen LogP contribution in [0.1, 0.15) is 29.7 Å². The van der Waals surface area contributed by atoms with E-state index >= 15 is 0 Å². The van der Waals surface area contributed by atoms with E-state index in [-0.39, 0.29) is 10.9 Å². The normalized spacial score (nSPS) is 13.0. The molecule has 5 heteroatoms. The van der Waals surface area contributed by atoms with Crippen LogP contribution in [0.2, 0.25) is 0 Å². The molecule has 2 rings (SSSR count). The lowest BCUT2D eigenvalue weighted by atomic mass is 10.1. The number of hydrogen-bond donors (Lipinski definition) is 2. The summed E-state index contributed by atoms with van der Waals surface area (Å²) in [7, 11) is -3.59. The predicted molar refractivity (Wildman–Crippen MR) is 85.8 cm³/mol. The van der Waals surface area contributed by atoms with Crippen LogP contribution in [0.5, 0.6) is 0 Å². The molecule has 4 nitrogen and oxygen atoms in total. The minimum atomic E-state index is -3.59. The molecule has 0 fully saturated rings. The molecule has 0 aliphatic rings. The Morgan fingerprint density at radius 3 is 2.24 bits per heavy atom. The third-order valence-corrected chi connectivity index (χ3v) is 4.73. The van der Waals surface area contributed by atoms with Crippen LogP contribution in [0.4, 0.5) is 5.69 Å². The van der Waals surface area contributed by atoms with Crippen LogP contribution in [0.15, 0.2) is 47.4 Å². The third kappa shape index (κ3) is 3.62. The molecule has 1 atom stereocenters. The maximum atomic E-state index is 12.4. The quantitative estimate of drug-likeness (QED) is 0.911. The molecular weight excluding hydrogens is 284 g/mol. The summed E-state index contributed by atoms with van der Waals surface area (Å²) in [4.78, 5) is 0.229. The predicted octanol–water partition coefficient (Wildman–Crippen LogP) is 3.12. The molecule has 0 aliphatic carbocycles. The van der Waals surface area contributed by atoms with Crippen LogP contribution in [0.25, 0.3) is 0 Å². The van der Waals surface area contributed by atoms with E-state index in [4.69, 9.17) is 5.73 Å². The summed E-state index contributed by atoms with van der Waals surface area (Å²) >= 11 is 0. The van der Waals surface area contributed by atoms with E-state index in [2.05, 4.69) is 4.72 Å². The third-order valence-electron chi connectivity index (χ3n) is 3.35. The topological polar surface area (TPSA) is 72.2 Å². The number of rotatable bonds is 4. The van der Waals surface area contributed by atoms with Crippen molar-refractivity contribution in [2.24, 2.45) is 5.73 Å². The lowest BCUT2D eigenvalue weighted by molar-refractivity contribution is 0.601.